The van der Waals surface area contributed by atoms with Crippen LogP contribution in [0.25, 0.3) is 21.8 Å². The summed E-state index contributed by atoms with van der Waals surface area (Å²) in [7, 11) is 5.98. The van der Waals surface area contributed by atoms with Crippen molar-refractivity contribution in [2.45, 2.75) is 229 Å². The lowest BCUT2D eigenvalue weighted by Gasteiger charge is -2.36. The summed E-state index contributed by atoms with van der Waals surface area (Å²) in [6.07, 6.45) is 2.42. The third-order valence-corrected chi connectivity index (χ3v) is 25.8. The molecule has 0 spiro atoms. The van der Waals surface area contributed by atoms with E-state index in [1.807, 2.05) is 44.0 Å². The molecular formula is C92H133N21O19S. The van der Waals surface area contributed by atoms with Crippen molar-refractivity contribution >= 4 is 134 Å². The van der Waals surface area contributed by atoms with Crippen LogP contribution in [0.15, 0.2) is 85.2 Å². The lowest BCUT2D eigenvalue weighted by Crippen LogP contribution is -2.61. The number of carbonyl (C=O) groups excluding carboxylic acids is 17. The number of hydrogen-bond acceptors (Lipinski definition) is 22. The third kappa shape index (κ3) is 28.9. The van der Waals surface area contributed by atoms with Crippen molar-refractivity contribution in [3.63, 3.8) is 0 Å². The van der Waals surface area contributed by atoms with Crippen LogP contribution in [0, 0.1) is 11.8 Å². The number of aliphatic hydroxyl groups is 1. The van der Waals surface area contributed by atoms with Gasteiger partial charge in [-0.3, -0.25) is 81.5 Å². The average molecular weight is 1870 g/mol. The molecule has 9 rings (SSSR count). The first kappa shape index (κ1) is 104. The van der Waals surface area contributed by atoms with Gasteiger partial charge in [0.1, 0.15) is 84.3 Å². The second kappa shape index (κ2) is 49.5. The highest BCUT2D eigenvalue weighted by Crippen LogP contribution is 2.28. The van der Waals surface area contributed by atoms with Crippen LogP contribution in [-0.4, -0.2) is 338 Å². The van der Waals surface area contributed by atoms with Crippen LogP contribution in [0.2, 0.25) is 0 Å². The van der Waals surface area contributed by atoms with Crippen molar-refractivity contribution in [2.24, 2.45) is 23.3 Å². The van der Waals surface area contributed by atoms with Crippen molar-refractivity contribution < 1.29 is 91.7 Å². The molecule has 4 fully saturated rings. The number of nitrogens with one attached hydrogen (secondary N) is 12. The molecule has 5 aromatic rings. The maximum absolute atomic E-state index is 15.6. The van der Waals surface area contributed by atoms with E-state index in [9.17, 15) is 63.0 Å². The molecule has 4 saturated heterocycles. The number of unbranched alkanes of at least 4 members (excludes halogenated alkanes) is 2. The smallest absolute Gasteiger partial charge is 0.246 e. The van der Waals surface area contributed by atoms with Gasteiger partial charge in [0.15, 0.2) is 0 Å². The number of likely N-dealkylation sites (N-methyl/N-ethyl adjacent to an activating group) is 4. The summed E-state index contributed by atoms with van der Waals surface area (Å²) in [6.45, 7) is 11.7. The molecule has 0 aliphatic carbocycles. The third-order valence-electron chi connectivity index (χ3n) is 24.8. The minimum atomic E-state index is -1.75. The largest absolute Gasteiger partial charge is 0.508 e. The van der Waals surface area contributed by atoms with Gasteiger partial charge in [0.2, 0.25) is 100 Å². The summed E-state index contributed by atoms with van der Waals surface area (Å²) >= 11 is 0.848. The molecule has 0 saturated carbocycles. The second-order valence-corrected chi connectivity index (χ2v) is 36.9. The Labute approximate surface area is 778 Å². The number of aromatic hydroxyl groups is 1. The van der Waals surface area contributed by atoms with Gasteiger partial charge in [-0.05, 0) is 105 Å². The normalized spacial score (nSPS) is 25.4. The number of carbonyl (C=O) groups is 17. The molecule has 0 radical (unpaired) electrons. The number of phenolic OH excluding ortho intramolecular Hbond substituents is 1. The number of piperazine rings is 1. The Hall–Kier alpha value is -12.2. The van der Waals surface area contributed by atoms with Gasteiger partial charge in [-0.15, -0.1) is 11.8 Å². The van der Waals surface area contributed by atoms with Crippen molar-refractivity contribution in [1.82, 2.24) is 97.4 Å². The van der Waals surface area contributed by atoms with E-state index in [-0.39, 0.29) is 94.1 Å². The molecule has 18 N–H and O–H groups in total. The quantitative estimate of drug-likeness (QED) is 0.0386. The summed E-state index contributed by atoms with van der Waals surface area (Å²) in [5, 5.41) is 50.0. The lowest BCUT2D eigenvalue weighted by molar-refractivity contribution is -0.149. The average Bonchev–Trinajstić information content (AvgIpc) is 1.72. The number of nitrogens with zero attached hydrogens (tertiary/aromatic N) is 7. The Morgan fingerprint density at radius 3 is 1.67 bits per heavy atom. The molecule has 4 aliphatic heterocycles. The van der Waals surface area contributed by atoms with E-state index >= 15 is 28.8 Å². The lowest BCUT2D eigenvalue weighted by atomic mass is 9.99. The number of fused-ring (bicyclic) bond motifs is 4. The van der Waals surface area contributed by atoms with Crippen LogP contribution in [0.1, 0.15) is 142 Å². The highest BCUT2D eigenvalue weighted by atomic mass is 32.2. The van der Waals surface area contributed by atoms with Crippen molar-refractivity contribution in [1.29, 1.82) is 0 Å². The molecule has 2 aromatic heterocycles. The summed E-state index contributed by atoms with van der Waals surface area (Å²) in [5.41, 5.74) is 14.9. The van der Waals surface area contributed by atoms with Gasteiger partial charge >= 0.3 is 0 Å². The molecule has 6 heterocycles. The van der Waals surface area contributed by atoms with E-state index in [4.69, 9.17) is 11.5 Å². The number of para-hydroxylation sites is 2. The summed E-state index contributed by atoms with van der Waals surface area (Å²) < 4.78 is 0. The molecule has 3 aromatic carbocycles. The number of aliphatic hydroxyl groups excluding tert-OH is 1. The predicted molar refractivity (Wildman–Crippen MR) is 496 cm³/mol. The number of aromatic nitrogens is 2. The highest BCUT2D eigenvalue weighted by Gasteiger charge is 2.46. The van der Waals surface area contributed by atoms with Gasteiger partial charge in [-0.2, -0.15) is 0 Å². The molecule has 4 aliphatic rings. The van der Waals surface area contributed by atoms with Crippen LogP contribution < -0.4 is 64.6 Å². The number of rotatable bonds is 22. The van der Waals surface area contributed by atoms with Gasteiger partial charge in [0, 0.05) is 133 Å². The number of H-pyrrole nitrogens is 2. The molecule has 14 atom stereocenters. The van der Waals surface area contributed by atoms with Crippen molar-refractivity contribution in [3.8, 4) is 5.75 Å². The van der Waals surface area contributed by atoms with Gasteiger partial charge in [-0.25, -0.2) is 0 Å². The molecule has 17 amide bonds. The van der Waals surface area contributed by atoms with Gasteiger partial charge in [0.25, 0.3) is 0 Å². The van der Waals surface area contributed by atoms with E-state index in [1.165, 1.54) is 62.1 Å². The number of thioether (sulfide) groups is 1. The second-order valence-electron chi connectivity index (χ2n) is 35.8. The van der Waals surface area contributed by atoms with E-state index in [2.05, 4.69) is 63.1 Å². The SMILES string of the molecule is CCCC[C@H]1C(=O)N(C)[C@@H](CCCC)C(=O)N[C@@H](CC(C)C)C(=O)N[C@H](C(=O)NCC(=O)N2CCN(C)CC2)CSCC(=O)N[C@@H](Cc2ccc(O)cc2)C(=O)N(C)[C@@H](C)C(=O)N[C@@H](CC(N)=O)C(=O)N2CCC[C@H]2C(=O)N[C@@H](CN)C(=O)N[C@@H](CC(C)C)C(=O)N2C[C@H](O)C[C@H]2C(=O)N[C@@H](Cc2c[nH]c3ccccc23)C(=O)NCC(=O)N[C@@H](Cc2c[nH]c3ccccc23)C(=O)N1C. The zero-order chi connectivity index (χ0) is 97.2. The highest BCUT2D eigenvalue weighted by molar-refractivity contribution is 8.00. The molecule has 40 nitrogen and oxygen atoms in total. The van der Waals surface area contributed by atoms with E-state index < -0.39 is 223 Å². The Kier molecular flexibility index (Phi) is 38.9. The molecule has 133 heavy (non-hydrogen) atoms. The maximum atomic E-state index is 15.6. The minimum Gasteiger partial charge on any atom is -0.508 e. The molecule has 0 bridgehead atoms. The number of aromatic amines is 2. The molecule has 41 heteroatoms. The van der Waals surface area contributed by atoms with Crippen LogP contribution in [-0.2, 0) is 101 Å². The minimum absolute atomic E-state index is 0.00471. The fourth-order valence-electron chi connectivity index (χ4n) is 17.1. The zero-order valence-electron chi connectivity index (χ0n) is 77.7. The van der Waals surface area contributed by atoms with E-state index in [1.54, 1.807) is 75.3 Å². The van der Waals surface area contributed by atoms with Crippen LogP contribution >= 0.6 is 11.8 Å². The van der Waals surface area contributed by atoms with Gasteiger partial charge in [0.05, 0.1) is 31.4 Å². The standard InChI is InChI=1S/C92H133N21O19S/c1-12-14-25-72-85(125)101-64(37-52(3)4)83(123)106-71(82(122)98-48-79(119)111-35-33-107(8)34-36-111)50-133-51-78(118)100-67(39-55-28-30-58(114)31-29-55)88(128)108(9)54(7)80(120)103-69(43-76(94)116)90(130)112-32-20-27-73(112)86(126)105-70(44-93)84(124)104-66(38-53(5)6)91(131)113-49-59(115)42-75(113)87(127)102-65(40-56-45-95-62-23-18-16-21-60(56)62)81(121)97-47-77(117)99-68(41-57-46-96-63-24-19-17-22-61(57)63)89(129)110(11)74(26-15-13-2)92(132)109(72)10/h16-19,21-24,28-31,45-46,52-54,59,64-75,95-96,114-115H,12-15,20,25-27,32-44,47-51,93H2,1-11H3,(H2,94,116)(H,97,121)(H,98,122)(H,99,117)(H,100,118)(H,101,125)(H,102,127)(H,103,120)(H,104,124)(H,105,126)(H,106,123)/t54-,59+,64-,65-,66-,67-,68-,69-,70-,71-,72-,73-,74-,75-/m0/s1. The maximum Gasteiger partial charge on any atom is 0.246 e. The predicted octanol–water partition coefficient (Wildman–Crippen LogP) is -1.23. The first-order chi connectivity index (χ1) is 63.3. The first-order valence-corrected chi connectivity index (χ1v) is 46.9. The van der Waals surface area contributed by atoms with Crippen LogP contribution in [0.3, 0.4) is 0 Å². The van der Waals surface area contributed by atoms with Gasteiger partial charge in [-0.1, -0.05) is 116 Å². The van der Waals surface area contributed by atoms with Crippen molar-refractivity contribution in [2.75, 3.05) is 98.6 Å². The topological polar surface area (TPSA) is 557 Å². The number of primary amides is 1. The number of phenols is 1. The molecule has 726 valence electrons. The van der Waals surface area contributed by atoms with Crippen LogP contribution in [0.5, 0.6) is 5.75 Å². The van der Waals surface area contributed by atoms with Gasteiger partial charge < -0.3 is 119 Å². The molecular weight excluding hydrogens is 1740 g/mol. The Bertz CT molecular complexity index is 4960. The number of amides is 17. The first-order valence-electron chi connectivity index (χ1n) is 45.8. The number of benzene rings is 3. The Morgan fingerprint density at radius 2 is 1.06 bits per heavy atom. The summed E-state index contributed by atoms with van der Waals surface area (Å²) in [4.78, 5) is 266. The Balaban J connectivity index is 1.07. The zero-order valence-corrected chi connectivity index (χ0v) is 78.5. The van der Waals surface area contributed by atoms with Crippen LogP contribution in [0.4, 0.5) is 0 Å². The van der Waals surface area contributed by atoms with Crippen molar-refractivity contribution in [3.05, 3.63) is 102 Å². The fraction of sp³-hybridized carbons (Fsp3) is 0.576. The van der Waals surface area contributed by atoms with E-state index in [0.717, 1.165) is 26.5 Å². The number of nitrogens with two attached hydrogens (primary N) is 2. The fourth-order valence-corrected chi connectivity index (χ4v) is 17.9. The summed E-state index contributed by atoms with van der Waals surface area (Å²) in [5.74, 6) is -15.9. The number of hydrogen-bond donors (Lipinski definition) is 16. The monoisotopic (exact) mass is 1870 g/mol. The van der Waals surface area contributed by atoms with E-state index in [0.29, 0.717) is 90.4 Å². The summed E-state index contributed by atoms with van der Waals surface area (Å²) in [6, 6.07) is 1.07. The Morgan fingerprint density at radius 1 is 0.534 bits per heavy atom. The molecule has 0 unspecified atom stereocenters.